The molecule has 1 aromatic heterocycles. The second-order valence-corrected chi connectivity index (χ2v) is 9.85. The van der Waals surface area contributed by atoms with E-state index in [9.17, 15) is 13.2 Å². The lowest BCUT2D eigenvalue weighted by atomic mass is 10.1. The Labute approximate surface area is 195 Å². The fourth-order valence-electron chi connectivity index (χ4n) is 3.61. The van der Waals surface area contributed by atoms with Crippen LogP contribution in [0.4, 0.5) is 5.69 Å². The average Bonchev–Trinajstić information content (AvgIpc) is 3.28. The summed E-state index contributed by atoms with van der Waals surface area (Å²) in [5, 5.41) is 2.83. The zero-order valence-corrected chi connectivity index (χ0v) is 20.2. The lowest BCUT2D eigenvalue weighted by molar-refractivity contribution is -0.119. The lowest BCUT2D eigenvalue weighted by Gasteiger charge is -2.26. The van der Waals surface area contributed by atoms with Gasteiger partial charge in [-0.3, -0.25) is 9.10 Å². The normalized spacial score (nSPS) is 11.3. The summed E-state index contributed by atoms with van der Waals surface area (Å²) in [6.07, 6.45) is 5.96. The summed E-state index contributed by atoms with van der Waals surface area (Å²) in [4.78, 5) is 16.8. The Kier molecular flexibility index (Phi) is 7.75. The molecule has 1 amide bonds. The van der Waals surface area contributed by atoms with Crippen LogP contribution in [0.3, 0.4) is 0 Å². The van der Waals surface area contributed by atoms with Gasteiger partial charge < -0.3 is 14.6 Å². The van der Waals surface area contributed by atoms with Crippen molar-refractivity contribution >= 4 is 21.6 Å². The molecule has 2 aromatic carbocycles. The van der Waals surface area contributed by atoms with Crippen LogP contribution < -0.4 is 14.4 Å². The maximum Gasteiger partial charge on any atom is 0.268 e. The molecular formula is C24H30N4O4S. The van der Waals surface area contributed by atoms with E-state index in [4.69, 9.17) is 4.74 Å². The van der Waals surface area contributed by atoms with Gasteiger partial charge in [0.2, 0.25) is 5.91 Å². The predicted octanol–water partition coefficient (Wildman–Crippen LogP) is 3.22. The minimum absolute atomic E-state index is 0.0251. The first kappa shape index (κ1) is 24.3. The summed E-state index contributed by atoms with van der Waals surface area (Å²) in [7, 11) is -2.65. The molecule has 0 unspecified atom stereocenters. The molecule has 9 heteroatoms. The first-order chi connectivity index (χ1) is 15.7. The van der Waals surface area contributed by atoms with E-state index < -0.39 is 10.0 Å². The molecule has 3 aromatic rings. The Morgan fingerprint density at radius 3 is 2.45 bits per heavy atom. The number of ether oxygens (including phenoxy) is 1. The van der Waals surface area contributed by atoms with Crippen LogP contribution in [-0.2, 0) is 21.4 Å². The van der Waals surface area contributed by atoms with Crippen molar-refractivity contribution in [3.05, 3.63) is 71.8 Å². The van der Waals surface area contributed by atoms with Gasteiger partial charge in [0.25, 0.3) is 10.0 Å². The van der Waals surface area contributed by atoms with Crippen molar-refractivity contribution in [2.45, 2.75) is 38.6 Å². The number of carbonyl (C=O) groups excluding carboxylic acids is 1. The highest BCUT2D eigenvalue weighted by molar-refractivity contribution is 7.93. The SMILES string of the molecule is COc1ccc(C)cc1S(=O)(=O)N(CC(=O)NCCCn1ccnc1)c1cc(C)cc(C)c1. The van der Waals surface area contributed by atoms with Gasteiger partial charge in [0.15, 0.2) is 0 Å². The van der Waals surface area contributed by atoms with Crippen LogP contribution in [0.25, 0.3) is 0 Å². The van der Waals surface area contributed by atoms with Crippen LogP contribution >= 0.6 is 0 Å². The van der Waals surface area contributed by atoms with Crippen molar-refractivity contribution in [2.75, 3.05) is 24.5 Å². The number of nitrogens with one attached hydrogen (secondary N) is 1. The van der Waals surface area contributed by atoms with E-state index in [2.05, 4.69) is 10.3 Å². The zero-order valence-electron chi connectivity index (χ0n) is 19.4. The van der Waals surface area contributed by atoms with Gasteiger partial charge in [-0.15, -0.1) is 0 Å². The molecule has 1 N–H and O–H groups in total. The van der Waals surface area contributed by atoms with E-state index in [0.29, 0.717) is 25.2 Å². The number of methoxy groups -OCH3 is 1. The second-order valence-electron chi connectivity index (χ2n) is 8.02. The summed E-state index contributed by atoms with van der Waals surface area (Å²) >= 11 is 0. The average molecular weight is 471 g/mol. The first-order valence-corrected chi connectivity index (χ1v) is 12.1. The molecule has 0 atom stereocenters. The quantitative estimate of drug-likeness (QED) is 0.459. The number of amides is 1. The molecule has 0 spiro atoms. The molecule has 0 saturated heterocycles. The maximum atomic E-state index is 13.8. The van der Waals surface area contributed by atoms with Crippen LogP contribution in [0, 0.1) is 20.8 Å². The Bertz CT molecular complexity index is 1190. The number of anilines is 1. The standard InChI is InChI=1S/C24H30N4O4S/c1-18-6-7-22(32-4)23(15-18)33(30,31)28(21-13-19(2)12-20(3)14-21)16-24(29)26-8-5-10-27-11-9-25-17-27/h6-7,9,11-15,17H,5,8,10,16H2,1-4H3,(H,26,29). The van der Waals surface area contributed by atoms with E-state index in [1.54, 1.807) is 42.9 Å². The van der Waals surface area contributed by atoms with Crippen molar-refractivity contribution < 1.29 is 17.9 Å². The van der Waals surface area contributed by atoms with Crippen molar-refractivity contribution in [1.29, 1.82) is 0 Å². The Balaban J connectivity index is 1.86. The number of aryl methyl sites for hydroxylation is 4. The highest BCUT2D eigenvalue weighted by Crippen LogP contribution is 2.31. The van der Waals surface area contributed by atoms with Gasteiger partial charge in [-0.1, -0.05) is 12.1 Å². The van der Waals surface area contributed by atoms with E-state index in [1.807, 2.05) is 37.6 Å². The van der Waals surface area contributed by atoms with Crippen molar-refractivity contribution in [3.63, 3.8) is 0 Å². The zero-order chi connectivity index (χ0) is 24.0. The van der Waals surface area contributed by atoms with Gasteiger partial charge in [0.1, 0.15) is 17.2 Å². The molecule has 33 heavy (non-hydrogen) atoms. The maximum absolute atomic E-state index is 13.8. The number of benzene rings is 2. The molecule has 176 valence electrons. The number of nitrogens with zero attached hydrogens (tertiary/aromatic N) is 3. The van der Waals surface area contributed by atoms with Gasteiger partial charge in [0.05, 0.1) is 19.1 Å². The number of imidazole rings is 1. The molecule has 0 saturated carbocycles. The van der Waals surface area contributed by atoms with Crippen molar-refractivity contribution in [2.24, 2.45) is 0 Å². The van der Waals surface area contributed by atoms with Gasteiger partial charge in [-0.2, -0.15) is 0 Å². The number of hydrogen-bond acceptors (Lipinski definition) is 5. The third kappa shape index (κ3) is 6.13. The number of sulfonamides is 1. The molecule has 0 aliphatic carbocycles. The molecule has 0 bridgehead atoms. The number of rotatable bonds is 10. The molecule has 0 fully saturated rings. The number of hydrogen-bond donors (Lipinski definition) is 1. The minimum atomic E-state index is -4.08. The fraction of sp³-hybridized carbons (Fsp3) is 0.333. The summed E-state index contributed by atoms with van der Waals surface area (Å²) in [5.41, 5.74) is 3.02. The van der Waals surface area contributed by atoms with Gasteiger partial charge >= 0.3 is 0 Å². The van der Waals surface area contributed by atoms with Crippen LogP contribution in [0.2, 0.25) is 0 Å². The summed E-state index contributed by atoms with van der Waals surface area (Å²) in [6.45, 7) is 6.39. The molecule has 0 aliphatic heterocycles. The Morgan fingerprint density at radius 2 is 1.82 bits per heavy atom. The first-order valence-electron chi connectivity index (χ1n) is 10.7. The van der Waals surface area contributed by atoms with Crippen LogP contribution in [-0.4, -0.2) is 44.1 Å². The molecular weight excluding hydrogens is 440 g/mol. The lowest BCUT2D eigenvalue weighted by Crippen LogP contribution is -2.41. The summed E-state index contributed by atoms with van der Waals surface area (Å²) in [5.74, 6) is -0.147. The molecule has 8 nitrogen and oxygen atoms in total. The summed E-state index contributed by atoms with van der Waals surface area (Å²) in [6, 6.07) is 10.5. The van der Waals surface area contributed by atoms with Crippen molar-refractivity contribution in [3.8, 4) is 5.75 Å². The van der Waals surface area contributed by atoms with E-state index in [-0.39, 0.29) is 23.1 Å². The Morgan fingerprint density at radius 1 is 1.09 bits per heavy atom. The molecule has 0 aliphatic rings. The summed E-state index contributed by atoms with van der Waals surface area (Å²) < 4.78 is 35.9. The topological polar surface area (TPSA) is 93.5 Å². The van der Waals surface area contributed by atoms with Crippen molar-refractivity contribution in [1.82, 2.24) is 14.9 Å². The van der Waals surface area contributed by atoms with E-state index >= 15 is 0 Å². The van der Waals surface area contributed by atoms with Gasteiger partial charge in [-0.25, -0.2) is 13.4 Å². The highest BCUT2D eigenvalue weighted by atomic mass is 32.2. The Hall–Kier alpha value is -3.33. The van der Waals surface area contributed by atoms with E-state index in [0.717, 1.165) is 21.0 Å². The predicted molar refractivity (Wildman–Crippen MR) is 128 cm³/mol. The molecule has 3 rings (SSSR count). The van der Waals surface area contributed by atoms with Gasteiger partial charge in [-0.05, 0) is 68.1 Å². The minimum Gasteiger partial charge on any atom is -0.495 e. The largest absolute Gasteiger partial charge is 0.495 e. The second kappa shape index (κ2) is 10.5. The van der Waals surface area contributed by atoms with E-state index in [1.165, 1.54) is 7.11 Å². The molecule has 1 heterocycles. The third-order valence-electron chi connectivity index (χ3n) is 5.14. The van der Waals surface area contributed by atoms with Crippen LogP contribution in [0.5, 0.6) is 5.75 Å². The third-order valence-corrected chi connectivity index (χ3v) is 6.94. The van der Waals surface area contributed by atoms with Crippen LogP contribution in [0.1, 0.15) is 23.1 Å². The smallest absolute Gasteiger partial charge is 0.268 e. The fourth-order valence-corrected chi connectivity index (χ4v) is 5.26. The van der Waals surface area contributed by atoms with Crippen LogP contribution in [0.15, 0.2) is 60.0 Å². The van der Waals surface area contributed by atoms with Gasteiger partial charge in [0, 0.05) is 25.5 Å². The molecule has 0 radical (unpaired) electrons. The highest BCUT2D eigenvalue weighted by Gasteiger charge is 2.30. The number of aromatic nitrogens is 2. The monoisotopic (exact) mass is 470 g/mol. The number of carbonyl (C=O) groups is 1.